The first kappa shape index (κ1) is 21.4. The van der Waals surface area contributed by atoms with Crippen molar-refractivity contribution in [3.8, 4) is 11.5 Å². The molecule has 0 radical (unpaired) electrons. The van der Waals surface area contributed by atoms with Crippen molar-refractivity contribution in [2.75, 3.05) is 14.1 Å². The monoisotopic (exact) mass is 496 g/mol. The molecule has 8 heteroatoms. The summed E-state index contributed by atoms with van der Waals surface area (Å²) in [6.07, 6.45) is 0. The molecule has 0 aliphatic heterocycles. The lowest BCUT2D eigenvalue weighted by Crippen LogP contribution is -2.28. The van der Waals surface area contributed by atoms with Crippen molar-refractivity contribution in [3.05, 3.63) is 81.2 Å². The van der Waals surface area contributed by atoms with Crippen LogP contribution in [0.1, 0.15) is 10.8 Å². The molecule has 0 atom stereocenters. The summed E-state index contributed by atoms with van der Waals surface area (Å²) >= 11 is 1.52. The number of rotatable bonds is 5. The molecule has 0 unspecified atom stereocenters. The molecule has 158 valence electrons. The Morgan fingerprint density at radius 3 is 2.65 bits per heavy atom. The van der Waals surface area contributed by atoms with Crippen LogP contribution in [0.25, 0.3) is 33.3 Å². The summed E-state index contributed by atoms with van der Waals surface area (Å²) < 4.78 is 7.66. The number of fused-ring (bicyclic) bond motifs is 2. The number of halogens is 1. The van der Waals surface area contributed by atoms with Crippen molar-refractivity contribution < 1.29 is 4.42 Å². The normalized spacial score (nSPS) is 11.3. The topological polar surface area (TPSA) is 64.2 Å². The lowest BCUT2D eigenvalue weighted by Gasteiger charge is -2.15. The molecule has 0 spiro atoms. The van der Waals surface area contributed by atoms with E-state index in [9.17, 15) is 4.79 Å². The lowest BCUT2D eigenvalue weighted by molar-refractivity contribution is 0.379. The van der Waals surface area contributed by atoms with Crippen molar-refractivity contribution >= 4 is 50.2 Å². The van der Waals surface area contributed by atoms with Crippen molar-refractivity contribution in [2.24, 2.45) is 0 Å². The molecule has 6 nitrogen and oxygen atoms in total. The minimum atomic E-state index is -0.0436. The smallest absolute Gasteiger partial charge is 0.261 e. The fourth-order valence-corrected chi connectivity index (χ4v) is 4.29. The standard InChI is InChI=1S/C23H20N4O2S.BrH/c1-26(2)12-21-24-17-9-5-4-8-16(17)23(28)27(21)13-22-25-18(14-30-22)20-11-15-7-3-6-10-19(15)29-20;/h3-11,14H,12-13H2,1-2H3;1H. The van der Waals surface area contributed by atoms with Gasteiger partial charge in [-0.25, -0.2) is 9.97 Å². The third kappa shape index (κ3) is 4.19. The van der Waals surface area contributed by atoms with Crippen LogP contribution in [0.15, 0.2) is 69.2 Å². The Hall–Kier alpha value is -2.81. The fraction of sp³-hybridized carbons (Fsp3) is 0.174. The van der Waals surface area contributed by atoms with Gasteiger partial charge in [0.25, 0.3) is 5.56 Å². The predicted molar refractivity (Wildman–Crippen MR) is 130 cm³/mol. The maximum atomic E-state index is 13.2. The molecule has 0 bridgehead atoms. The van der Waals surface area contributed by atoms with Crippen LogP contribution in [-0.4, -0.2) is 33.5 Å². The van der Waals surface area contributed by atoms with Crippen LogP contribution in [-0.2, 0) is 13.1 Å². The largest absolute Gasteiger partial charge is 0.454 e. The molecule has 3 aromatic heterocycles. The van der Waals surface area contributed by atoms with Crippen LogP contribution in [0.2, 0.25) is 0 Å². The zero-order valence-corrected chi connectivity index (χ0v) is 19.6. The average molecular weight is 497 g/mol. The van der Waals surface area contributed by atoms with Crippen molar-refractivity contribution in [3.63, 3.8) is 0 Å². The predicted octanol–water partition coefficient (Wildman–Crippen LogP) is 4.95. The van der Waals surface area contributed by atoms with Gasteiger partial charge < -0.3 is 9.32 Å². The molecular weight excluding hydrogens is 476 g/mol. The van der Waals surface area contributed by atoms with Gasteiger partial charge in [0, 0.05) is 10.8 Å². The van der Waals surface area contributed by atoms with E-state index in [-0.39, 0.29) is 22.5 Å². The lowest BCUT2D eigenvalue weighted by atomic mass is 10.2. The Morgan fingerprint density at radius 2 is 1.84 bits per heavy atom. The number of furan rings is 1. The van der Waals surface area contributed by atoms with Crippen molar-refractivity contribution in [1.82, 2.24) is 19.4 Å². The zero-order chi connectivity index (χ0) is 20.7. The van der Waals surface area contributed by atoms with Crippen LogP contribution >= 0.6 is 28.3 Å². The quantitative estimate of drug-likeness (QED) is 0.344. The molecule has 31 heavy (non-hydrogen) atoms. The molecule has 0 aliphatic rings. The second kappa shape index (κ2) is 8.74. The molecule has 0 amide bonds. The van der Waals surface area contributed by atoms with E-state index in [0.29, 0.717) is 18.5 Å². The number of aromatic nitrogens is 3. The van der Waals surface area contributed by atoms with Gasteiger partial charge in [-0.15, -0.1) is 28.3 Å². The number of hydrogen-bond donors (Lipinski definition) is 0. The average Bonchev–Trinajstić information content (AvgIpc) is 3.37. The summed E-state index contributed by atoms with van der Waals surface area (Å²) in [5, 5.41) is 4.47. The summed E-state index contributed by atoms with van der Waals surface area (Å²) in [5.74, 6) is 1.46. The second-order valence-electron chi connectivity index (χ2n) is 7.45. The Balaban J connectivity index is 0.00000231. The maximum absolute atomic E-state index is 13.2. The summed E-state index contributed by atoms with van der Waals surface area (Å²) in [6, 6.07) is 17.4. The fourth-order valence-electron chi connectivity index (χ4n) is 3.52. The zero-order valence-electron chi connectivity index (χ0n) is 17.1. The molecule has 0 aliphatic carbocycles. The molecule has 0 fully saturated rings. The Bertz CT molecular complexity index is 1390. The Kier molecular flexibility index (Phi) is 6.04. The van der Waals surface area contributed by atoms with E-state index in [0.717, 1.165) is 38.8 Å². The van der Waals surface area contributed by atoms with Crippen molar-refractivity contribution in [2.45, 2.75) is 13.1 Å². The highest BCUT2D eigenvalue weighted by Crippen LogP contribution is 2.29. The number of thiazole rings is 1. The van der Waals surface area contributed by atoms with E-state index >= 15 is 0 Å². The van der Waals surface area contributed by atoms with Gasteiger partial charge in [-0.1, -0.05) is 30.3 Å². The highest BCUT2D eigenvalue weighted by Gasteiger charge is 2.15. The molecule has 5 rings (SSSR count). The highest BCUT2D eigenvalue weighted by atomic mass is 79.9. The molecule has 5 aromatic rings. The summed E-state index contributed by atoms with van der Waals surface area (Å²) in [4.78, 5) is 24.7. The number of para-hydroxylation sites is 2. The molecule has 0 saturated carbocycles. The van der Waals surface area contributed by atoms with Crippen LogP contribution in [0, 0.1) is 0 Å². The Labute approximate surface area is 193 Å². The van der Waals surface area contributed by atoms with Gasteiger partial charge >= 0.3 is 0 Å². The summed E-state index contributed by atoms with van der Waals surface area (Å²) in [6.45, 7) is 0.951. The summed E-state index contributed by atoms with van der Waals surface area (Å²) in [5.41, 5.74) is 2.29. The van der Waals surface area contributed by atoms with Crippen LogP contribution < -0.4 is 5.56 Å². The SMILES string of the molecule is Br.CN(C)Cc1nc2ccccc2c(=O)n1Cc1nc(-c2cc3ccccc3o2)cs1. The van der Waals surface area contributed by atoms with Gasteiger partial charge in [0.15, 0.2) is 5.76 Å². The van der Waals surface area contributed by atoms with E-state index in [1.807, 2.05) is 79.0 Å². The van der Waals surface area contributed by atoms with E-state index in [2.05, 4.69) is 0 Å². The third-order valence-corrected chi connectivity index (χ3v) is 5.76. The number of nitrogens with zero attached hydrogens (tertiary/aromatic N) is 4. The second-order valence-corrected chi connectivity index (χ2v) is 8.39. The van der Waals surface area contributed by atoms with Crippen LogP contribution in [0.3, 0.4) is 0 Å². The number of hydrogen-bond acceptors (Lipinski definition) is 6. The minimum Gasteiger partial charge on any atom is -0.454 e. The van der Waals surface area contributed by atoms with Gasteiger partial charge in [0.05, 0.1) is 24.0 Å². The maximum Gasteiger partial charge on any atom is 0.261 e. The Morgan fingerprint density at radius 1 is 1.06 bits per heavy atom. The first-order chi connectivity index (χ1) is 14.6. The van der Waals surface area contributed by atoms with E-state index in [1.165, 1.54) is 11.3 Å². The molecular formula is C23H21BrN4O2S. The first-order valence-electron chi connectivity index (χ1n) is 9.65. The molecule has 0 saturated heterocycles. The summed E-state index contributed by atoms with van der Waals surface area (Å²) in [7, 11) is 3.93. The van der Waals surface area contributed by atoms with Gasteiger partial charge in [-0.2, -0.15) is 0 Å². The van der Waals surface area contributed by atoms with E-state index in [4.69, 9.17) is 14.4 Å². The molecule has 3 heterocycles. The molecule has 2 aromatic carbocycles. The first-order valence-corrected chi connectivity index (χ1v) is 10.5. The van der Waals surface area contributed by atoms with E-state index < -0.39 is 0 Å². The molecule has 0 N–H and O–H groups in total. The van der Waals surface area contributed by atoms with Crippen molar-refractivity contribution in [1.29, 1.82) is 0 Å². The van der Waals surface area contributed by atoms with Gasteiger partial charge in [0.1, 0.15) is 22.1 Å². The third-order valence-electron chi connectivity index (χ3n) is 4.92. The van der Waals surface area contributed by atoms with Crippen LogP contribution in [0.4, 0.5) is 0 Å². The highest BCUT2D eigenvalue weighted by molar-refractivity contribution is 8.93. The van der Waals surface area contributed by atoms with E-state index in [1.54, 1.807) is 4.57 Å². The van der Waals surface area contributed by atoms with Gasteiger partial charge in [0.2, 0.25) is 0 Å². The van der Waals surface area contributed by atoms with Gasteiger partial charge in [-0.3, -0.25) is 9.36 Å². The minimum absolute atomic E-state index is 0. The number of benzene rings is 2. The van der Waals surface area contributed by atoms with Crippen LogP contribution in [0.5, 0.6) is 0 Å². The van der Waals surface area contributed by atoms with Gasteiger partial charge in [-0.05, 0) is 38.4 Å².